The molecule has 0 spiro atoms. The molecule has 5 heteroatoms. The largest absolute Gasteiger partial charge is 0.299 e. The van der Waals surface area contributed by atoms with E-state index >= 15 is 0 Å². The Morgan fingerprint density at radius 2 is 1.79 bits per heavy atom. The first-order valence-corrected chi connectivity index (χ1v) is 9.84. The summed E-state index contributed by atoms with van der Waals surface area (Å²) in [7, 11) is 0. The molecule has 0 saturated heterocycles. The van der Waals surface area contributed by atoms with Crippen LogP contribution in [0, 0.1) is 0 Å². The van der Waals surface area contributed by atoms with Gasteiger partial charge in [-0.3, -0.25) is 14.4 Å². The number of carbonyl (C=O) groups is 2. The molecule has 0 aliphatic rings. The summed E-state index contributed by atoms with van der Waals surface area (Å²) in [6.07, 6.45) is 6.29. The van der Waals surface area contributed by atoms with Crippen LogP contribution in [0.4, 0.5) is 0 Å². The van der Waals surface area contributed by atoms with Crippen molar-refractivity contribution in [2.75, 3.05) is 11.9 Å². The first-order chi connectivity index (χ1) is 11.7. The van der Waals surface area contributed by atoms with Gasteiger partial charge in [0.15, 0.2) is 0 Å². The maximum absolute atomic E-state index is 12.1. The van der Waals surface area contributed by atoms with Gasteiger partial charge in [-0.05, 0) is 37.3 Å². The molecule has 0 heterocycles. The monoisotopic (exact) mass is 397 g/mol. The van der Waals surface area contributed by atoms with Gasteiger partial charge < -0.3 is 0 Å². The number of nitrogens with one attached hydrogen (secondary N) is 1. The fourth-order valence-electron chi connectivity index (χ4n) is 2.49. The number of carbonyl (C=O) groups excluding carboxylic acids is 2. The molecule has 24 heavy (non-hydrogen) atoms. The molecule has 0 aromatic heterocycles. The summed E-state index contributed by atoms with van der Waals surface area (Å²) in [4.78, 5) is 28.2. The van der Waals surface area contributed by atoms with Gasteiger partial charge in [0.25, 0.3) is 0 Å². The second kappa shape index (κ2) is 13.1. The van der Waals surface area contributed by atoms with Crippen molar-refractivity contribution in [1.82, 2.24) is 5.48 Å². The van der Waals surface area contributed by atoms with Crippen LogP contribution in [-0.2, 0) is 27.3 Å². The van der Waals surface area contributed by atoms with Crippen molar-refractivity contribution in [3.63, 3.8) is 0 Å². The zero-order valence-electron chi connectivity index (χ0n) is 14.5. The lowest BCUT2D eigenvalue weighted by molar-refractivity contribution is -0.133. The highest BCUT2D eigenvalue weighted by molar-refractivity contribution is 9.09. The van der Waals surface area contributed by atoms with Crippen LogP contribution in [-0.4, -0.2) is 23.6 Å². The number of hydrogen-bond acceptors (Lipinski definition) is 3. The first kappa shape index (κ1) is 20.8. The van der Waals surface area contributed by atoms with Crippen LogP contribution in [0.15, 0.2) is 24.3 Å². The van der Waals surface area contributed by atoms with Crippen LogP contribution >= 0.6 is 15.9 Å². The molecule has 1 aromatic carbocycles. The molecule has 0 aliphatic heterocycles. The van der Waals surface area contributed by atoms with Gasteiger partial charge in [0.2, 0.25) is 5.91 Å². The molecule has 0 radical (unpaired) electrons. The predicted octanol–water partition coefficient (Wildman–Crippen LogP) is 4.14. The topological polar surface area (TPSA) is 55.4 Å². The number of halogens is 1. The highest BCUT2D eigenvalue weighted by Gasteiger charge is 2.05. The SMILES string of the molecule is CCONC(=O)CCCCCCC(=O)Cc1cccc(CCBr)c1. The van der Waals surface area contributed by atoms with Crippen LogP contribution in [0.2, 0.25) is 0 Å². The van der Waals surface area contributed by atoms with Crippen molar-refractivity contribution in [3.8, 4) is 0 Å². The van der Waals surface area contributed by atoms with E-state index in [-0.39, 0.29) is 5.91 Å². The van der Waals surface area contributed by atoms with Gasteiger partial charge in [0, 0.05) is 24.6 Å². The third kappa shape index (κ3) is 9.83. The molecule has 0 saturated carbocycles. The number of alkyl halides is 1. The van der Waals surface area contributed by atoms with Crippen molar-refractivity contribution in [1.29, 1.82) is 0 Å². The Hall–Kier alpha value is -1.20. The zero-order chi connectivity index (χ0) is 17.6. The highest BCUT2D eigenvalue weighted by atomic mass is 79.9. The number of benzene rings is 1. The number of unbranched alkanes of at least 4 members (excludes halogenated alkanes) is 3. The minimum absolute atomic E-state index is 0.0729. The van der Waals surface area contributed by atoms with Gasteiger partial charge in [-0.1, -0.05) is 53.0 Å². The van der Waals surface area contributed by atoms with Crippen LogP contribution in [0.5, 0.6) is 0 Å². The van der Waals surface area contributed by atoms with E-state index in [1.165, 1.54) is 5.56 Å². The lowest BCUT2D eigenvalue weighted by Crippen LogP contribution is -2.23. The van der Waals surface area contributed by atoms with Gasteiger partial charge >= 0.3 is 0 Å². The van der Waals surface area contributed by atoms with Crippen LogP contribution in [0.3, 0.4) is 0 Å². The number of aryl methyl sites for hydroxylation is 1. The molecule has 1 amide bonds. The Labute approximate surface area is 153 Å². The fraction of sp³-hybridized carbons (Fsp3) is 0.579. The van der Waals surface area contributed by atoms with Gasteiger partial charge in [-0.2, -0.15) is 0 Å². The van der Waals surface area contributed by atoms with Crippen molar-refractivity contribution in [2.45, 2.75) is 58.3 Å². The van der Waals surface area contributed by atoms with E-state index in [4.69, 9.17) is 4.84 Å². The van der Waals surface area contributed by atoms with E-state index in [1.54, 1.807) is 0 Å². The summed E-state index contributed by atoms with van der Waals surface area (Å²) in [6, 6.07) is 8.26. The summed E-state index contributed by atoms with van der Waals surface area (Å²) < 4.78 is 0. The second-order valence-electron chi connectivity index (χ2n) is 5.85. The fourth-order valence-corrected chi connectivity index (χ4v) is 2.94. The molecule has 0 bridgehead atoms. The van der Waals surface area contributed by atoms with Crippen LogP contribution in [0.1, 0.15) is 56.6 Å². The van der Waals surface area contributed by atoms with Gasteiger partial charge in [0.05, 0.1) is 6.61 Å². The average Bonchev–Trinajstić information content (AvgIpc) is 2.56. The molecule has 0 unspecified atom stereocenters. The average molecular weight is 398 g/mol. The maximum Gasteiger partial charge on any atom is 0.243 e. The number of Topliss-reactive ketones (excluding diaryl/α,β-unsaturated/α-hetero) is 1. The highest BCUT2D eigenvalue weighted by Crippen LogP contribution is 2.11. The molecule has 1 rings (SSSR count). The quantitative estimate of drug-likeness (QED) is 0.309. The van der Waals surface area contributed by atoms with E-state index in [0.717, 1.165) is 43.0 Å². The smallest absolute Gasteiger partial charge is 0.243 e. The molecule has 4 nitrogen and oxygen atoms in total. The lowest BCUT2D eigenvalue weighted by Gasteiger charge is -2.05. The van der Waals surface area contributed by atoms with Crippen molar-refractivity contribution in [3.05, 3.63) is 35.4 Å². The van der Waals surface area contributed by atoms with Gasteiger partial charge in [-0.25, -0.2) is 5.48 Å². The summed E-state index contributed by atoms with van der Waals surface area (Å²) >= 11 is 3.44. The molecule has 0 aliphatic carbocycles. The predicted molar refractivity (Wildman–Crippen MR) is 100 cm³/mol. The normalized spacial score (nSPS) is 10.6. The minimum atomic E-state index is -0.0729. The van der Waals surface area contributed by atoms with Crippen molar-refractivity contribution in [2.24, 2.45) is 0 Å². The van der Waals surface area contributed by atoms with Crippen LogP contribution < -0.4 is 5.48 Å². The Kier molecular flexibility index (Phi) is 11.4. The molecular formula is C19H28BrNO3. The third-order valence-corrected chi connectivity index (χ3v) is 4.11. The van der Waals surface area contributed by atoms with Crippen molar-refractivity contribution < 1.29 is 14.4 Å². The lowest BCUT2D eigenvalue weighted by atomic mass is 10.0. The Balaban J connectivity index is 2.12. The Morgan fingerprint density at radius 1 is 1.08 bits per heavy atom. The van der Waals surface area contributed by atoms with Crippen LogP contribution in [0.25, 0.3) is 0 Å². The minimum Gasteiger partial charge on any atom is -0.299 e. The van der Waals surface area contributed by atoms with E-state index < -0.39 is 0 Å². The Bertz CT molecular complexity index is 505. The molecular weight excluding hydrogens is 370 g/mol. The number of amides is 1. The second-order valence-corrected chi connectivity index (χ2v) is 6.64. The molecule has 134 valence electrons. The molecule has 0 fully saturated rings. The molecule has 1 aromatic rings. The summed E-state index contributed by atoms with van der Waals surface area (Å²) in [5.74, 6) is 0.219. The number of hydroxylamine groups is 1. The molecule has 0 atom stereocenters. The summed E-state index contributed by atoms with van der Waals surface area (Å²) in [5, 5.41) is 0.937. The standard InChI is InChI=1S/C19H28BrNO3/c1-2-24-21-19(23)11-6-4-3-5-10-18(22)15-17-9-7-8-16(14-17)12-13-20/h7-9,14H,2-6,10-13,15H2,1H3,(H,21,23). The first-order valence-electron chi connectivity index (χ1n) is 8.71. The number of ketones is 1. The van der Waals surface area contributed by atoms with E-state index in [2.05, 4.69) is 33.5 Å². The van der Waals surface area contributed by atoms with E-state index in [9.17, 15) is 9.59 Å². The summed E-state index contributed by atoms with van der Waals surface area (Å²) in [6.45, 7) is 2.31. The summed E-state index contributed by atoms with van der Waals surface area (Å²) in [5.41, 5.74) is 4.76. The van der Waals surface area contributed by atoms with E-state index in [0.29, 0.717) is 31.7 Å². The molecule has 1 N–H and O–H groups in total. The van der Waals surface area contributed by atoms with E-state index in [1.807, 2.05) is 19.1 Å². The van der Waals surface area contributed by atoms with Crippen molar-refractivity contribution >= 4 is 27.6 Å². The zero-order valence-corrected chi connectivity index (χ0v) is 16.1. The Morgan fingerprint density at radius 3 is 2.50 bits per heavy atom. The number of rotatable bonds is 13. The third-order valence-electron chi connectivity index (χ3n) is 3.72. The van der Waals surface area contributed by atoms with Gasteiger partial charge in [0.1, 0.15) is 5.78 Å². The maximum atomic E-state index is 12.1. The van der Waals surface area contributed by atoms with Gasteiger partial charge in [-0.15, -0.1) is 0 Å². The number of hydrogen-bond donors (Lipinski definition) is 1.